The first-order valence-corrected chi connectivity index (χ1v) is 7.66. The van der Waals surface area contributed by atoms with Crippen molar-refractivity contribution in [3.63, 3.8) is 0 Å². The molecule has 19 heavy (non-hydrogen) atoms. The van der Waals surface area contributed by atoms with Gasteiger partial charge in [-0.3, -0.25) is 0 Å². The lowest BCUT2D eigenvalue weighted by atomic mass is 10.1. The lowest BCUT2D eigenvalue weighted by Crippen LogP contribution is -2.22. The molecule has 0 radical (unpaired) electrons. The molecular weight excluding hydrogens is 278 g/mol. The highest BCUT2D eigenvalue weighted by Gasteiger charge is 2.20. The monoisotopic (exact) mass is 291 g/mol. The number of aromatic amines is 1. The summed E-state index contributed by atoms with van der Waals surface area (Å²) in [6.45, 7) is 2.01. The van der Waals surface area contributed by atoms with Gasteiger partial charge in [0.15, 0.2) is 5.65 Å². The second-order valence-corrected chi connectivity index (χ2v) is 6.14. The van der Waals surface area contributed by atoms with Crippen LogP contribution in [-0.2, 0) is 0 Å². The summed E-state index contributed by atoms with van der Waals surface area (Å²) in [6.07, 6.45) is 3.17. The third kappa shape index (κ3) is 2.49. The molecule has 0 aromatic carbocycles. The zero-order chi connectivity index (χ0) is 13.2. The van der Waals surface area contributed by atoms with Crippen LogP contribution < -0.4 is 5.73 Å². The van der Waals surface area contributed by atoms with Crippen LogP contribution in [0.3, 0.4) is 0 Å². The average Bonchev–Trinajstić information content (AvgIpc) is 3.06. The van der Waals surface area contributed by atoms with E-state index in [9.17, 15) is 0 Å². The number of fused-ring (bicyclic) bond motifs is 1. The smallest absolute Gasteiger partial charge is 0.181 e. The van der Waals surface area contributed by atoms with Crippen LogP contribution in [0.4, 0.5) is 0 Å². The Labute approximate surface area is 118 Å². The van der Waals surface area contributed by atoms with Crippen LogP contribution >= 0.6 is 23.1 Å². The molecule has 0 bridgehead atoms. The van der Waals surface area contributed by atoms with Gasteiger partial charge in [-0.05, 0) is 29.3 Å². The van der Waals surface area contributed by atoms with E-state index in [1.54, 1.807) is 29.4 Å². The van der Waals surface area contributed by atoms with Crippen molar-refractivity contribution in [3.05, 3.63) is 35.0 Å². The summed E-state index contributed by atoms with van der Waals surface area (Å²) >= 11 is 3.33. The Morgan fingerprint density at radius 2 is 2.26 bits per heavy atom. The molecule has 0 aliphatic carbocycles. The van der Waals surface area contributed by atoms with Gasteiger partial charge in [-0.25, -0.2) is 15.0 Å². The molecule has 5 nitrogen and oxygen atoms in total. The first-order valence-electron chi connectivity index (χ1n) is 5.84. The number of imidazole rings is 1. The number of hydrogen-bond acceptors (Lipinski definition) is 6. The maximum absolute atomic E-state index is 6.11. The predicted molar refractivity (Wildman–Crippen MR) is 78.3 cm³/mol. The van der Waals surface area contributed by atoms with Gasteiger partial charge < -0.3 is 10.7 Å². The van der Waals surface area contributed by atoms with E-state index in [0.717, 1.165) is 10.5 Å². The average molecular weight is 291 g/mol. The number of thiophene rings is 1. The summed E-state index contributed by atoms with van der Waals surface area (Å²) in [4.78, 5) is 15.7. The van der Waals surface area contributed by atoms with Crippen molar-refractivity contribution in [2.75, 3.05) is 0 Å². The number of aromatic nitrogens is 4. The van der Waals surface area contributed by atoms with Crippen LogP contribution in [0.25, 0.3) is 11.2 Å². The fourth-order valence-electron chi connectivity index (χ4n) is 1.87. The Morgan fingerprint density at radius 1 is 1.37 bits per heavy atom. The first kappa shape index (κ1) is 12.6. The number of nitrogens with two attached hydrogens (primary N) is 1. The summed E-state index contributed by atoms with van der Waals surface area (Å²) in [7, 11) is 0. The van der Waals surface area contributed by atoms with Crippen molar-refractivity contribution in [1.82, 2.24) is 19.9 Å². The van der Waals surface area contributed by atoms with Crippen LogP contribution in [-0.4, -0.2) is 26.0 Å². The Bertz CT molecular complexity index is 662. The van der Waals surface area contributed by atoms with Gasteiger partial charge >= 0.3 is 0 Å². The Hall–Kier alpha value is -1.44. The van der Waals surface area contributed by atoms with Crippen molar-refractivity contribution in [2.45, 2.75) is 23.2 Å². The molecule has 0 fully saturated rings. The molecule has 7 heteroatoms. The third-order valence-corrected chi connectivity index (χ3v) is 4.97. The number of H-pyrrole nitrogens is 1. The summed E-state index contributed by atoms with van der Waals surface area (Å²) in [5.41, 5.74) is 8.90. The molecule has 3 heterocycles. The maximum atomic E-state index is 6.11. The van der Waals surface area contributed by atoms with Gasteiger partial charge in [0.25, 0.3) is 0 Å². The van der Waals surface area contributed by atoms with Crippen LogP contribution in [0.1, 0.15) is 17.7 Å². The van der Waals surface area contributed by atoms with Gasteiger partial charge in [0.2, 0.25) is 0 Å². The Balaban J connectivity index is 1.96. The van der Waals surface area contributed by atoms with Crippen molar-refractivity contribution >= 4 is 34.3 Å². The van der Waals surface area contributed by atoms with E-state index in [0.29, 0.717) is 5.65 Å². The molecule has 3 aromatic heterocycles. The molecule has 0 amide bonds. The van der Waals surface area contributed by atoms with E-state index in [1.165, 1.54) is 11.9 Å². The fourth-order valence-corrected chi connectivity index (χ4v) is 3.76. The zero-order valence-electron chi connectivity index (χ0n) is 10.3. The SMILES string of the molecule is CC(N)C(Sc1ncnc2nc[nH]c12)c1ccsc1. The molecule has 0 saturated heterocycles. The number of nitrogens with zero attached hydrogens (tertiary/aromatic N) is 3. The molecule has 3 rings (SSSR count). The van der Waals surface area contributed by atoms with Gasteiger partial charge in [-0.2, -0.15) is 11.3 Å². The predicted octanol–water partition coefficient (Wildman–Crippen LogP) is 2.60. The van der Waals surface area contributed by atoms with Gasteiger partial charge in [0.05, 0.1) is 11.6 Å². The maximum Gasteiger partial charge on any atom is 0.181 e. The van der Waals surface area contributed by atoms with Gasteiger partial charge in [0, 0.05) is 6.04 Å². The van der Waals surface area contributed by atoms with Crippen molar-refractivity contribution in [3.8, 4) is 0 Å². The number of rotatable bonds is 4. The normalized spacial score (nSPS) is 14.6. The summed E-state index contributed by atoms with van der Waals surface area (Å²) in [5, 5.41) is 5.26. The zero-order valence-corrected chi connectivity index (χ0v) is 11.9. The number of thioether (sulfide) groups is 1. The number of hydrogen-bond donors (Lipinski definition) is 2. The standard InChI is InChI=1S/C12H13N5S2/c1-7(13)10(8-2-3-18-4-8)19-12-9-11(15-5-14-9)16-6-17-12/h2-7,10H,13H2,1H3,(H,14,15,16,17). The van der Waals surface area contributed by atoms with Crippen molar-refractivity contribution < 1.29 is 0 Å². The first-order chi connectivity index (χ1) is 9.25. The molecule has 0 spiro atoms. The van der Waals surface area contributed by atoms with Gasteiger partial charge in [-0.1, -0.05) is 11.8 Å². The second-order valence-electron chi connectivity index (χ2n) is 4.23. The molecule has 3 aromatic rings. The van der Waals surface area contributed by atoms with E-state index >= 15 is 0 Å². The summed E-state index contributed by atoms with van der Waals surface area (Å²) < 4.78 is 0. The highest BCUT2D eigenvalue weighted by molar-refractivity contribution is 7.99. The number of nitrogens with one attached hydrogen (secondary N) is 1. The minimum absolute atomic E-state index is 0.0348. The minimum Gasteiger partial charge on any atom is -0.341 e. The molecule has 3 N–H and O–H groups in total. The molecule has 0 aliphatic heterocycles. The third-order valence-electron chi connectivity index (χ3n) is 2.78. The Morgan fingerprint density at radius 3 is 3.00 bits per heavy atom. The topological polar surface area (TPSA) is 80.5 Å². The molecule has 0 saturated carbocycles. The van der Waals surface area contributed by atoms with E-state index in [2.05, 4.69) is 36.8 Å². The highest BCUT2D eigenvalue weighted by atomic mass is 32.2. The summed E-state index contributed by atoms with van der Waals surface area (Å²) in [6, 6.07) is 2.14. The molecule has 0 aliphatic rings. The lowest BCUT2D eigenvalue weighted by molar-refractivity contribution is 0.722. The fraction of sp³-hybridized carbons (Fsp3) is 0.250. The van der Waals surface area contributed by atoms with Crippen LogP contribution in [0.15, 0.2) is 34.5 Å². The summed E-state index contributed by atoms with van der Waals surface area (Å²) in [5.74, 6) is 0. The van der Waals surface area contributed by atoms with E-state index in [1.807, 2.05) is 6.92 Å². The van der Waals surface area contributed by atoms with E-state index in [-0.39, 0.29) is 11.3 Å². The van der Waals surface area contributed by atoms with E-state index < -0.39 is 0 Å². The molecule has 2 atom stereocenters. The van der Waals surface area contributed by atoms with Crippen molar-refractivity contribution in [1.29, 1.82) is 0 Å². The van der Waals surface area contributed by atoms with E-state index in [4.69, 9.17) is 5.73 Å². The minimum atomic E-state index is 0.0348. The largest absolute Gasteiger partial charge is 0.341 e. The lowest BCUT2D eigenvalue weighted by Gasteiger charge is -2.18. The van der Waals surface area contributed by atoms with Gasteiger partial charge in [0.1, 0.15) is 16.9 Å². The molecule has 98 valence electrons. The van der Waals surface area contributed by atoms with Crippen LogP contribution in [0.2, 0.25) is 0 Å². The molecular formula is C12H13N5S2. The van der Waals surface area contributed by atoms with Crippen LogP contribution in [0, 0.1) is 0 Å². The molecule has 2 unspecified atom stereocenters. The van der Waals surface area contributed by atoms with Gasteiger partial charge in [-0.15, -0.1) is 0 Å². The van der Waals surface area contributed by atoms with Crippen molar-refractivity contribution in [2.24, 2.45) is 5.73 Å². The quantitative estimate of drug-likeness (QED) is 0.570. The Kier molecular flexibility index (Phi) is 3.50. The second kappa shape index (κ2) is 5.28. The highest BCUT2D eigenvalue weighted by Crippen LogP contribution is 2.38. The van der Waals surface area contributed by atoms with Crippen LogP contribution in [0.5, 0.6) is 0 Å².